The van der Waals surface area contributed by atoms with Crippen molar-refractivity contribution in [3.63, 3.8) is 0 Å². The molecule has 2 aliphatic rings. The van der Waals surface area contributed by atoms with Crippen LogP contribution in [0, 0.1) is 0 Å². The lowest BCUT2D eigenvalue weighted by atomic mass is 9.69. The number of carboxylic acids is 2. The second-order valence-electron chi connectivity index (χ2n) is 10.3. The van der Waals surface area contributed by atoms with Gasteiger partial charge in [0.05, 0.1) is 6.61 Å². The largest absolute Gasteiger partial charge is 0.493 e. The summed E-state index contributed by atoms with van der Waals surface area (Å²) in [7, 11) is 1.87. The topological polar surface area (TPSA) is 120 Å². The van der Waals surface area contributed by atoms with Crippen LogP contribution in [-0.4, -0.2) is 88.0 Å². The Morgan fingerprint density at radius 3 is 1.93 bits per heavy atom. The number of halogens is 6. The quantitative estimate of drug-likeness (QED) is 0.451. The minimum atomic E-state index is -5.08. The number of carboxylic acid groups (broad SMARTS) is 2. The summed E-state index contributed by atoms with van der Waals surface area (Å²) in [5.41, 5.74) is 3.43. The van der Waals surface area contributed by atoms with Gasteiger partial charge in [0.2, 0.25) is 0 Å². The average Bonchev–Trinajstić information content (AvgIpc) is 2.94. The highest BCUT2D eigenvalue weighted by Crippen LogP contribution is 2.46. The van der Waals surface area contributed by atoms with Crippen molar-refractivity contribution in [1.82, 2.24) is 14.8 Å². The number of aliphatic carboxylic acids is 2. The third kappa shape index (κ3) is 10.1. The molecule has 1 aromatic carbocycles. The Kier molecular flexibility index (Phi) is 11.9. The first-order valence-corrected chi connectivity index (χ1v) is 13.1. The third-order valence-corrected chi connectivity index (χ3v) is 7.18. The highest BCUT2D eigenvalue weighted by atomic mass is 19.4. The summed E-state index contributed by atoms with van der Waals surface area (Å²) in [4.78, 5) is 39.1. The number of alkyl halides is 6. The number of fused-ring (bicyclic) bond motifs is 2. The molecule has 238 valence electrons. The molecule has 43 heavy (non-hydrogen) atoms. The summed E-state index contributed by atoms with van der Waals surface area (Å²) in [6, 6.07) is 10.4. The van der Waals surface area contributed by atoms with Gasteiger partial charge in [-0.15, -0.1) is 0 Å². The van der Waals surface area contributed by atoms with Gasteiger partial charge in [-0.05, 0) is 82.1 Å². The van der Waals surface area contributed by atoms with Crippen LogP contribution in [0.1, 0.15) is 54.6 Å². The van der Waals surface area contributed by atoms with E-state index in [0.29, 0.717) is 0 Å². The zero-order chi connectivity index (χ0) is 32.6. The molecule has 1 saturated heterocycles. The number of aromatic nitrogens is 1. The number of likely N-dealkylation sites (tertiary alicyclic amines) is 1. The Bertz CT molecular complexity index is 1220. The molecule has 0 atom stereocenters. The molecule has 1 spiro atoms. The van der Waals surface area contributed by atoms with E-state index in [0.717, 1.165) is 56.8 Å². The Labute approximate surface area is 244 Å². The molecule has 0 bridgehead atoms. The first kappa shape index (κ1) is 35.3. The van der Waals surface area contributed by atoms with Gasteiger partial charge in [0.25, 0.3) is 5.91 Å². The van der Waals surface area contributed by atoms with Gasteiger partial charge in [-0.1, -0.05) is 0 Å². The van der Waals surface area contributed by atoms with E-state index in [2.05, 4.69) is 28.1 Å². The molecule has 0 unspecified atom stereocenters. The van der Waals surface area contributed by atoms with Crippen LogP contribution in [0.25, 0.3) is 0 Å². The molecular weight excluding hydrogens is 588 g/mol. The zero-order valence-electron chi connectivity index (χ0n) is 23.7. The van der Waals surface area contributed by atoms with Crippen LogP contribution in [-0.2, 0) is 21.5 Å². The van der Waals surface area contributed by atoms with Gasteiger partial charge in [-0.2, -0.15) is 26.3 Å². The lowest BCUT2D eigenvalue weighted by molar-refractivity contribution is -0.193. The maximum atomic E-state index is 12.9. The summed E-state index contributed by atoms with van der Waals surface area (Å²) >= 11 is 0. The normalized spacial score (nSPS) is 16.0. The molecule has 2 aromatic rings. The van der Waals surface area contributed by atoms with E-state index in [9.17, 15) is 31.1 Å². The van der Waals surface area contributed by atoms with E-state index in [1.165, 1.54) is 11.1 Å². The predicted octanol–water partition coefficient (Wildman–Crippen LogP) is 5.14. The maximum Gasteiger partial charge on any atom is 0.490 e. The van der Waals surface area contributed by atoms with Crippen LogP contribution in [0.3, 0.4) is 0 Å². The van der Waals surface area contributed by atoms with Crippen molar-refractivity contribution in [1.29, 1.82) is 0 Å². The van der Waals surface area contributed by atoms with Crippen LogP contribution in [0.5, 0.6) is 5.75 Å². The number of nitrogens with zero attached hydrogens (tertiary/aromatic N) is 3. The predicted molar refractivity (Wildman–Crippen MR) is 142 cm³/mol. The number of piperidine rings is 1. The minimum Gasteiger partial charge on any atom is -0.493 e. The zero-order valence-corrected chi connectivity index (χ0v) is 23.7. The van der Waals surface area contributed by atoms with Gasteiger partial charge in [0.15, 0.2) is 0 Å². The smallest absolute Gasteiger partial charge is 0.490 e. The molecule has 0 aliphatic carbocycles. The molecule has 3 heterocycles. The Balaban J connectivity index is 0.000000384. The van der Waals surface area contributed by atoms with Gasteiger partial charge in [-0.3, -0.25) is 14.7 Å². The molecule has 2 N–H and O–H groups in total. The van der Waals surface area contributed by atoms with Crippen molar-refractivity contribution in [2.45, 2.75) is 63.5 Å². The van der Waals surface area contributed by atoms with Gasteiger partial charge < -0.3 is 19.8 Å². The van der Waals surface area contributed by atoms with Crippen LogP contribution in [0.2, 0.25) is 0 Å². The number of carbonyl (C=O) groups excluding carboxylic acids is 1. The first-order valence-electron chi connectivity index (χ1n) is 13.1. The molecule has 4 rings (SSSR count). The SMILES string of the molecule is CC(C)N(C)C(=O)c1ccc2c(c1)C1(CCO2)CCN(Cc2ccncc2)CC1.O=C(O)C(F)(F)F.O=C(O)C(F)(F)F. The third-order valence-electron chi connectivity index (χ3n) is 7.18. The van der Waals surface area contributed by atoms with Crippen molar-refractivity contribution >= 4 is 17.8 Å². The van der Waals surface area contributed by atoms with Gasteiger partial charge in [0.1, 0.15) is 5.75 Å². The molecule has 0 radical (unpaired) electrons. The number of hydrogen-bond donors (Lipinski definition) is 2. The summed E-state index contributed by atoms with van der Waals surface area (Å²) in [6.07, 6.45) is -3.20. The molecule has 1 aromatic heterocycles. The number of ether oxygens (including phenoxy) is 1. The molecule has 15 heteroatoms. The Hall–Kier alpha value is -3.88. The second kappa shape index (κ2) is 14.5. The number of benzene rings is 1. The average molecular weight is 622 g/mol. The summed E-state index contributed by atoms with van der Waals surface area (Å²) in [6.45, 7) is 7.94. The van der Waals surface area contributed by atoms with E-state index in [1.54, 1.807) is 4.90 Å². The lowest BCUT2D eigenvalue weighted by Gasteiger charge is -2.45. The highest BCUT2D eigenvalue weighted by molar-refractivity contribution is 5.94. The molecule has 2 aliphatic heterocycles. The number of amides is 1. The number of hydrogen-bond acceptors (Lipinski definition) is 6. The molecule has 1 fully saturated rings. The van der Waals surface area contributed by atoms with E-state index in [-0.39, 0.29) is 17.4 Å². The lowest BCUT2D eigenvalue weighted by Crippen LogP contribution is -2.45. The van der Waals surface area contributed by atoms with Gasteiger partial charge in [0, 0.05) is 48.6 Å². The fourth-order valence-corrected chi connectivity index (χ4v) is 4.54. The van der Waals surface area contributed by atoms with E-state index < -0.39 is 24.3 Å². The summed E-state index contributed by atoms with van der Waals surface area (Å²) < 4.78 is 69.4. The molecule has 1 amide bonds. The number of pyridine rings is 1. The van der Waals surface area contributed by atoms with Crippen LogP contribution in [0.4, 0.5) is 26.3 Å². The second-order valence-corrected chi connectivity index (χ2v) is 10.3. The van der Waals surface area contributed by atoms with Gasteiger partial charge >= 0.3 is 24.3 Å². The van der Waals surface area contributed by atoms with Crippen molar-refractivity contribution < 1.29 is 55.7 Å². The monoisotopic (exact) mass is 621 g/mol. The molecule has 0 saturated carbocycles. The number of rotatable bonds is 4. The van der Waals surface area contributed by atoms with Crippen LogP contribution < -0.4 is 4.74 Å². The summed E-state index contributed by atoms with van der Waals surface area (Å²) in [5.74, 6) is -4.47. The maximum absolute atomic E-state index is 12.9. The van der Waals surface area contributed by atoms with E-state index in [1.807, 2.05) is 45.4 Å². The van der Waals surface area contributed by atoms with E-state index >= 15 is 0 Å². The van der Waals surface area contributed by atoms with Crippen molar-refractivity contribution in [2.24, 2.45) is 0 Å². The van der Waals surface area contributed by atoms with Crippen LogP contribution in [0.15, 0.2) is 42.7 Å². The van der Waals surface area contributed by atoms with Crippen molar-refractivity contribution in [3.05, 3.63) is 59.4 Å². The Morgan fingerprint density at radius 1 is 0.953 bits per heavy atom. The molecular formula is C28H33F6N3O6. The fraction of sp³-hybridized carbons (Fsp3) is 0.500. The number of carbonyl (C=O) groups is 3. The van der Waals surface area contributed by atoms with Crippen molar-refractivity contribution in [3.8, 4) is 5.75 Å². The van der Waals surface area contributed by atoms with Gasteiger partial charge in [-0.25, -0.2) is 9.59 Å². The summed E-state index contributed by atoms with van der Waals surface area (Å²) in [5, 5.41) is 14.2. The standard InChI is InChI=1S/C24H31N3O2.2C2HF3O2/c1-18(2)26(3)23(28)20-4-5-22-21(16-20)24(10-15-29-22)8-13-27(14-9-24)17-19-6-11-25-12-7-19;2*3-2(4,5)1(6)7/h4-7,11-12,16,18H,8-10,13-15,17H2,1-3H3;2*(H,6,7). The highest BCUT2D eigenvalue weighted by Gasteiger charge is 2.41. The van der Waals surface area contributed by atoms with Crippen molar-refractivity contribution in [2.75, 3.05) is 26.7 Å². The van der Waals surface area contributed by atoms with Crippen LogP contribution >= 0.6 is 0 Å². The molecule has 9 nitrogen and oxygen atoms in total. The fourth-order valence-electron chi connectivity index (χ4n) is 4.54. The minimum absolute atomic E-state index is 0.0821. The van der Waals surface area contributed by atoms with E-state index in [4.69, 9.17) is 24.5 Å². The first-order chi connectivity index (χ1) is 19.9. The Morgan fingerprint density at radius 2 is 1.47 bits per heavy atom.